The second kappa shape index (κ2) is 7.57. The molecule has 0 spiro atoms. The lowest BCUT2D eigenvalue weighted by atomic mass is 10.1. The Morgan fingerprint density at radius 2 is 1.71 bits per heavy atom. The number of nitrogens with two attached hydrogens (primary N) is 1. The predicted octanol–water partition coefficient (Wildman–Crippen LogP) is 1.63. The fourth-order valence-corrected chi connectivity index (χ4v) is 2.75. The van der Waals surface area contributed by atoms with E-state index in [-0.39, 0.29) is 5.91 Å². The van der Waals surface area contributed by atoms with Gasteiger partial charge in [0, 0.05) is 38.8 Å². The van der Waals surface area contributed by atoms with E-state index in [9.17, 15) is 4.79 Å². The van der Waals surface area contributed by atoms with Gasteiger partial charge in [-0.3, -0.25) is 9.69 Å². The van der Waals surface area contributed by atoms with Crippen LogP contribution in [0.4, 0.5) is 0 Å². The van der Waals surface area contributed by atoms with Crippen molar-refractivity contribution >= 4 is 5.91 Å². The third-order valence-corrected chi connectivity index (χ3v) is 4.50. The number of nitrogens with zero attached hydrogens (tertiary/aromatic N) is 2. The first-order chi connectivity index (χ1) is 10.1. The van der Waals surface area contributed by atoms with Crippen LogP contribution in [0.3, 0.4) is 0 Å². The minimum atomic E-state index is 0.235. The summed E-state index contributed by atoms with van der Waals surface area (Å²) in [6, 6.07) is 8.64. The molecule has 2 rings (SSSR count). The third-order valence-electron chi connectivity index (χ3n) is 4.50. The van der Waals surface area contributed by atoms with Gasteiger partial charge in [0.2, 0.25) is 5.91 Å². The summed E-state index contributed by atoms with van der Waals surface area (Å²) in [5.41, 5.74) is 7.76. The molecular formula is C17H27N3O. The highest BCUT2D eigenvalue weighted by atomic mass is 16.2. The predicted molar refractivity (Wildman–Crippen MR) is 85.9 cm³/mol. The van der Waals surface area contributed by atoms with Crippen molar-refractivity contribution in [2.45, 2.75) is 39.3 Å². The number of amides is 1. The molecule has 1 saturated heterocycles. The number of benzene rings is 1. The summed E-state index contributed by atoms with van der Waals surface area (Å²) < 4.78 is 0. The molecule has 116 valence electrons. The Kier molecular flexibility index (Phi) is 5.76. The van der Waals surface area contributed by atoms with Crippen molar-refractivity contribution in [3.05, 3.63) is 35.4 Å². The maximum atomic E-state index is 12.4. The van der Waals surface area contributed by atoms with E-state index in [1.807, 2.05) is 29.2 Å². The van der Waals surface area contributed by atoms with Crippen LogP contribution < -0.4 is 5.73 Å². The van der Waals surface area contributed by atoms with E-state index in [1.54, 1.807) is 0 Å². The average Bonchev–Trinajstić information content (AvgIpc) is 2.55. The minimum Gasteiger partial charge on any atom is -0.340 e. The van der Waals surface area contributed by atoms with E-state index < -0.39 is 0 Å². The van der Waals surface area contributed by atoms with Crippen LogP contribution in [0.1, 0.15) is 31.4 Å². The van der Waals surface area contributed by atoms with Crippen molar-refractivity contribution in [1.29, 1.82) is 0 Å². The Hall–Kier alpha value is -1.39. The Balaban J connectivity index is 1.84. The van der Waals surface area contributed by atoms with Crippen LogP contribution in [0.5, 0.6) is 0 Å². The topological polar surface area (TPSA) is 49.6 Å². The monoisotopic (exact) mass is 289 g/mol. The first-order valence-corrected chi connectivity index (χ1v) is 7.93. The van der Waals surface area contributed by atoms with Gasteiger partial charge in [-0.15, -0.1) is 0 Å². The van der Waals surface area contributed by atoms with Crippen LogP contribution in [0.2, 0.25) is 0 Å². The molecular weight excluding hydrogens is 262 g/mol. The maximum absolute atomic E-state index is 12.4. The molecule has 0 aliphatic carbocycles. The van der Waals surface area contributed by atoms with Crippen LogP contribution in [0.25, 0.3) is 0 Å². The summed E-state index contributed by atoms with van der Waals surface area (Å²) >= 11 is 0. The minimum absolute atomic E-state index is 0.235. The molecule has 0 bridgehead atoms. The van der Waals surface area contributed by atoms with Crippen LogP contribution in [-0.2, 0) is 17.8 Å². The second-order valence-electron chi connectivity index (χ2n) is 5.87. The van der Waals surface area contributed by atoms with Gasteiger partial charge in [0.25, 0.3) is 0 Å². The average molecular weight is 289 g/mol. The molecule has 1 aromatic rings. The smallest absolute Gasteiger partial charge is 0.227 e. The number of carbonyl (C=O) groups excluding carboxylic acids is 1. The largest absolute Gasteiger partial charge is 0.340 e. The zero-order valence-electron chi connectivity index (χ0n) is 13.2. The van der Waals surface area contributed by atoms with Crippen molar-refractivity contribution in [2.75, 3.05) is 26.2 Å². The Bertz CT molecular complexity index is 450. The highest BCUT2D eigenvalue weighted by molar-refractivity contribution is 5.78. The highest BCUT2D eigenvalue weighted by Gasteiger charge is 2.23. The highest BCUT2D eigenvalue weighted by Crippen LogP contribution is 2.11. The number of piperazine rings is 1. The zero-order chi connectivity index (χ0) is 15.2. The first kappa shape index (κ1) is 16.0. The molecule has 1 aliphatic heterocycles. The van der Waals surface area contributed by atoms with Gasteiger partial charge in [0.05, 0.1) is 6.42 Å². The Morgan fingerprint density at radius 3 is 2.24 bits per heavy atom. The SMILES string of the molecule is CCC(C)N1CCN(C(=O)Cc2ccc(CN)cc2)CC1. The molecule has 1 fully saturated rings. The fourth-order valence-electron chi connectivity index (χ4n) is 2.75. The van der Waals surface area contributed by atoms with Crippen molar-refractivity contribution in [2.24, 2.45) is 5.73 Å². The van der Waals surface area contributed by atoms with Gasteiger partial charge >= 0.3 is 0 Å². The lowest BCUT2D eigenvalue weighted by molar-refractivity contribution is -0.132. The van der Waals surface area contributed by atoms with Crippen LogP contribution in [0.15, 0.2) is 24.3 Å². The van der Waals surface area contributed by atoms with Gasteiger partial charge in [-0.25, -0.2) is 0 Å². The van der Waals surface area contributed by atoms with Crippen molar-refractivity contribution < 1.29 is 4.79 Å². The molecule has 1 aliphatic rings. The van der Waals surface area contributed by atoms with E-state index in [4.69, 9.17) is 5.73 Å². The van der Waals surface area contributed by atoms with Crippen LogP contribution in [0, 0.1) is 0 Å². The van der Waals surface area contributed by atoms with Gasteiger partial charge in [0.1, 0.15) is 0 Å². The van der Waals surface area contributed by atoms with Crippen LogP contribution >= 0.6 is 0 Å². The fraction of sp³-hybridized carbons (Fsp3) is 0.588. The van der Waals surface area contributed by atoms with E-state index in [2.05, 4.69) is 18.7 Å². The summed E-state index contributed by atoms with van der Waals surface area (Å²) in [6.45, 7) is 8.71. The molecule has 1 atom stereocenters. The first-order valence-electron chi connectivity index (χ1n) is 7.93. The summed E-state index contributed by atoms with van der Waals surface area (Å²) in [4.78, 5) is 16.8. The number of hydrogen-bond donors (Lipinski definition) is 1. The summed E-state index contributed by atoms with van der Waals surface area (Å²) in [5, 5.41) is 0. The lowest BCUT2D eigenvalue weighted by Crippen LogP contribution is -2.51. The molecule has 0 saturated carbocycles. The normalized spacial score (nSPS) is 17.8. The van der Waals surface area contributed by atoms with E-state index in [0.717, 1.165) is 37.3 Å². The maximum Gasteiger partial charge on any atom is 0.227 e. The Labute approximate surface area is 127 Å². The third kappa shape index (κ3) is 4.29. The number of carbonyl (C=O) groups is 1. The molecule has 2 N–H and O–H groups in total. The van der Waals surface area contributed by atoms with Gasteiger partial charge in [0.15, 0.2) is 0 Å². The molecule has 21 heavy (non-hydrogen) atoms. The summed E-state index contributed by atoms with van der Waals surface area (Å²) in [6.07, 6.45) is 1.66. The molecule has 0 aromatic heterocycles. The van der Waals surface area contributed by atoms with Gasteiger partial charge in [-0.05, 0) is 24.5 Å². The molecule has 1 amide bonds. The molecule has 0 radical (unpaired) electrons. The van der Waals surface area contributed by atoms with Gasteiger partial charge in [-0.1, -0.05) is 31.2 Å². The number of hydrogen-bond acceptors (Lipinski definition) is 3. The number of rotatable bonds is 5. The molecule has 4 heteroatoms. The van der Waals surface area contributed by atoms with E-state index in [0.29, 0.717) is 19.0 Å². The summed E-state index contributed by atoms with van der Waals surface area (Å²) in [5.74, 6) is 0.235. The van der Waals surface area contributed by atoms with E-state index >= 15 is 0 Å². The van der Waals surface area contributed by atoms with Crippen molar-refractivity contribution in [3.63, 3.8) is 0 Å². The Morgan fingerprint density at radius 1 is 1.14 bits per heavy atom. The van der Waals surface area contributed by atoms with Crippen molar-refractivity contribution in [1.82, 2.24) is 9.80 Å². The van der Waals surface area contributed by atoms with E-state index in [1.165, 1.54) is 6.42 Å². The van der Waals surface area contributed by atoms with Gasteiger partial charge < -0.3 is 10.6 Å². The lowest BCUT2D eigenvalue weighted by Gasteiger charge is -2.37. The molecule has 1 unspecified atom stereocenters. The standard InChI is InChI=1S/C17H27N3O/c1-3-14(2)19-8-10-20(11-9-19)17(21)12-15-4-6-16(13-18)7-5-15/h4-7,14H,3,8-13,18H2,1-2H3. The van der Waals surface area contributed by atoms with Gasteiger partial charge in [-0.2, -0.15) is 0 Å². The molecule has 1 aromatic carbocycles. The van der Waals surface area contributed by atoms with Crippen molar-refractivity contribution in [3.8, 4) is 0 Å². The molecule has 1 heterocycles. The summed E-state index contributed by atoms with van der Waals surface area (Å²) in [7, 11) is 0. The second-order valence-corrected chi connectivity index (χ2v) is 5.87. The van der Waals surface area contributed by atoms with Crippen LogP contribution in [-0.4, -0.2) is 47.9 Å². The zero-order valence-corrected chi connectivity index (χ0v) is 13.2. The quantitative estimate of drug-likeness (QED) is 0.896. The molecule has 4 nitrogen and oxygen atoms in total.